The zero-order chi connectivity index (χ0) is 8.97. The zero-order valence-electron chi connectivity index (χ0n) is 7.25. The fourth-order valence-corrected chi connectivity index (χ4v) is 0.903. The Morgan fingerprint density at radius 3 is 2.15 bits per heavy atom. The maximum Gasteiger partial charge on any atom is 0.488 e. The Labute approximate surface area is 108 Å². The Kier molecular flexibility index (Phi) is 6.82. The van der Waals surface area contributed by atoms with Gasteiger partial charge in [-0.2, -0.15) is 0 Å². The minimum Gasteiger partial charge on any atom is -0.494 e. The van der Waals surface area contributed by atoms with Gasteiger partial charge in [0.25, 0.3) is 0 Å². The van der Waals surface area contributed by atoms with Gasteiger partial charge < -0.3 is 14.8 Å². The Hall–Kier alpha value is 0.265. The number of benzene rings is 1. The number of ether oxygens (including phenoxy) is 1. The van der Waals surface area contributed by atoms with E-state index in [2.05, 4.69) is 0 Å². The Morgan fingerprint density at radius 1 is 1.23 bits per heavy atom. The maximum atomic E-state index is 8.76. The van der Waals surface area contributed by atoms with Crippen molar-refractivity contribution < 1.29 is 52.5 Å². The SMILES string of the molecule is CCOc1ccc(B(O)O)cc1.[Ar]. The quantitative estimate of drug-likeness (QED) is 0.671. The van der Waals surface area contributed by atoms with Crippen LogP contribution in [0, 0.1) is 37.7 Å². The van der Waals surface area contributed by atoms with Crippen molar-refractivity contribution in [3.8, 4) is 5.75 Å². The molecule has 13 heavy (non-hydrogen) atoms. The third-order valence-electron chi connectivity index (χ3n) is 1.49. The summed E-state index contributed by atoms with van der Waals surface area (Å²) in [6.07, 6.45) is 0. The molecule has 0 amide bonds. The van der Waals surface area contributed by atoms with Crippen LogP contribution in [0.4, 0.5) is 0 Å². The molecule has 72 valence electrons. The molecule has 0 radical (unpaired) electrons. The predicted molar refractivity (Wildman–Crippen MR) is 47.4 cm³/mol. The van der Waals surface area contributed by atoms with Gasteiger partial charge in [0.2, 0.25) is 0 Å². The first kappa shape index (κ1) is 13.3. The van der Waals surface area contributed by atoms with E-state index in [1.54, 1.807) is 24.3 Å². The number of hydrogen-bond acceptors (Lipinski definition) is 3. The Balaban J connectivity index is 0.00000144. The van der Waals surface area contributed by atoms with Crippen LogP contribution in [0.5, 0.6) is 5.75 Å². The van der Waals surface area contributed by atoms with Crippen molar-refractivity contribution in [2.45, 2.75) is 6.92 Å². The fraction of sp³-hybridized carbons (Fsp3) is 0.250. The fourth-order valence-electron chi connectivity index (χ4n) is 0.903. The molecule has 0 aliphatic heterocycles. The molecule has 0 bridgehead atoms. The van der Waals surface area contributed by atoms with Crippen molar-refractivity contribution in [1.29, 1.82) is 0 Å². The molecule has 0 saturated heterocycles. The zero-order valence-corrected chi connectivity index (χ0v) is 7.96. The summed E-state index contributed by atoms with van der Waals surface area (Å²) in [5.41, 5.74) is 0.471. The van der Waals surface area contributed by atoms with Gasteiger partial charge in [0.1, 0.15) is 5.75 Å². The summed E-state index contributed by atoms with van der Waals surface area (Å²) in [4.78, 5) is 0. The van der Waals surface area contributed by atoms with Crippen LogP contribution in [0.2, 0.25) is 0 Å². The van der Waals surface area contributed by atoms with Gasteiger partial charge in [-0.1, -0.05) is 12.1 Å². The van der Waals surface area contributed by atoms with Crippen molar-refractivity contribution in [2.75, 3.05) is 6.61 Å². The van der Waals surface area contributed by atoms with Crippen LogP contribution in [0.25, 0.3) is 0 Å². The Morgan fingerprint density at radius 2 is 1.77 bits per heavy atom. The van der Waals surface area contributed by atoms with E-state index in [-0.39, 0.29) is 37.7 Å². The smallest absolute Gasteiger partial charge is 0.488 e. The number of rotatable bonds is 3. The second-order valence-electron chi connectivity index (χ2n) is 2.38. The summed E-state index contributed by atoms with van der Waals surface area (Å²) in [7, 11) is -1.40. The molecule has 0 fully saturated rings. The third-order valence-corrected chi connectivity index (χ3v) is 1.49. The molecule has 2 N–H and O–H groups in total. The van der Waals surface area contributed by atoms with E-state index in [1.807, 2.05) is 6.92 Å². The molecule has 3 nitrogen and oxygen atoms in total. The monoisotopic (exact) mass is 206 g/mol. The first-order valence-corrected chi connectivity index (χ1v) is 3.83. The van der Waals surface area contributed by atoms with E-state index in [0.717, 1.165) is 5.75 Å². The second kappa shape index (κ2) is 6.68. The molecule has 0 aromatic heterocycles. The molecule has 1 rings (SSSR count). The van der Waals surface area contributed by atoms with E-state index in [1.165, 1.54) is 0 Å². The molecular formula is C8H11ArBO3. The first-order valence-electron chi connectivity index (χ1n) is 3.83. The van der Waals surface area contributed by atoms with Crippen molar-refractivity contribution in [3.05, 3.63) is 24.3 Å². The minimum absolute atomic E-state index is 0. The van der Waals surface area contributed by atoms with Crippen LogP contribution in [-0.4, -0.2) is 23.8 Å². The standard InChI is InChI=1S/C8H11BO3.Ar/c1-2-12-8-5-3-7(4-6-8)9(10)11;/h3-6,10-11H,2H2,1H3;. The van der Waals surface area contributed by atoms with Gasteiger partial charge in [-0.15, -0.1) is 0 Å². The van der Waals surface area contributed by atoms with Crippen LogP contribution in [0.3, 0.4) is 0 Å². The molecular weight excluding hydrogens is 195 g/mol. The summed E-state index contributed by atoms with van der Waals surface area (Å²) >= 11 is 0. The first-order chi connectivity index (χ1) is 5.74. The maximum absolute atomic E-state index is 8.76. The van der Waals surface area contributed by atoms with Gasteiger partial charge in [0.05, 0.1) is 6.61 Å². The van der Waals surface area contributed by atoms with Crippen LogP contribution in [0.15, 0.2) is 24.3 Å². The van der Waals surface area contributed by atoms with Gasteiger partial charge in [-0.3, -0.25) is 0 Å². The molecule has 0 unspecified atom stereocenters. The van der Waals surface area contributed by atoms with Crippen molar-refractivity contribution >= 4 is 12.6 Å². The molecule has 1 aromatic carbocycles. The van der Waals surface area contributed by atoms with E-state index >= 15 is 0 Å². The molecule has 0 spiro atoms. The summed E-state index contributed by atoms with van der Waals surface area (Å²) in [6, 6.07) is 6.65. The van der Waals surface area contributed by atoms with Gasteiger partial charge in [0, 0.05) is 37.7 Å². The average Bonchev–Trinajstić information content (AvgIpc) is 2.06. The van der Waals surface area contributed by atoms with Crippen LogP contribution < -0.4 is 10.2 Å². The van der Waals surface area contributed by atoms with Crippen LogP contribution in [0.1, 0.15) is 6.92 Å². The van der Waals surface area contributed by atoms with Crippen molar-refractivity contribution in [1.82, 2.24) is 0 Å². The number of hydrogen-bond donors (Lipinski definition) is 2. The van der Waals surface area contributed by atoms with E-state index in [9.17, 15) is 0 Å². The molecule has 0 heterocycles. The van der Waals surface area contributed by atoms with Gasteiger partial charge in [-0.25, -0.2) is 0 Å². The summed E-state index contributed by atoms with van der Waals surface area (Å²) < 4.78 is 5.18. The van der Waals surface area contributed by atoms with Crippen LogP contribution in [-0.2, 0) is 0 Å². The summed E-state index contributed by atoms with van der Waals surface area (Å²) in [5, 5.41) is 17.5. The molecule has 0 saturated carbocycles. The largest absolute Gasteiger partial charge is 0.494 e. The van der Waals surface area contributed by atoms with Gasteiger partial charge in [0.15, 0.2) is 0 Å². The normalized spacial score (nSPS) is 8.85. The Bertz CT molecular complexity index is 238. The average molecular weight is 206 g/mol. The topological polar surface area (TPSA) is 49.7 Å². The van der Waals surface area contributed by atoms with Crippen molar-refractivity contribution in [3.63, 3.8) is 0 Å². The minimum atomic E-state index is -1.40. The van der Waals surface area contributed by atoms with Crippen molar-refractivity contribution in [2.24, 2.45) is 0 Å². The molecule has 0 aliphatic rings. The second-order valence-corrected chi connectivity index (χ2v) is 2.38. The van der Waals surface area contributed by atoms with Crippen LogP contribution >= 0.6 is 0 Å². The van der Waals surface area contributed by atoms with Gasteiger partial charge >= 0.3 is 7.12 Å². The molecule has 0 atom stereocenters. The molecule has 1 aromatic rings. The van der Waals surface area contributed by atoms with Gasteiger partial charge in [-0.05, 0) is 24.5 Å². The molecule has 5 heteroatoms. The van der Waals surface area contributed by atoms with E-state index in [4.69, 9.17) is 14.8 Å². The molecule has 0 aliphatic carbocycles. The summed E-state index contributed by atoms with van der Waals surface area (Å²) in [6.45, 7) is 2.51. The van der Waals surface area contributed by atoms with E-state index < -0.39 is 7.12 Å². The van der Waals surface area contributed by atoms with E-state index in [0.29, 0.717) is 12.1 Å². The third kappa shape index (κ3) is 4.34. The predicted octanol–water partition coefficient (Wildman–Crippen LogP) is -0.235. The summed E-state index contributed by atoms with van der Waals surface area (Å²) in [5.74, 6) is 0.738.